The molecule has 0 saturated carbocycles. The predicted molar refractivity (Wildman–Crippen MR) is 98.5 cm³/mol. The fourth-order valence-corrected chi connectivity index (χ4v) is 3.80. The smallest absolute Gasteiger partial charge is 0.241 e. The number of halogens is 1. The van der Waals surface area contributed by atoms with Crippen molar-refractivity contribution in [3.05, 3.63) is 30.1 Å². The molecule has 0 bridgehead atoms. The number of hydrogen-bond acceptors (Lipinski definition) is 4. The van der Waals surface area contributed by atoms with Gasteiger partial charge in [-0.25, -0.2) is 12.8 Å². The Bertz CT molecular complexity index is 662. The lowest BCUT2D eigenvalue weighted by Crippen LogP contribution is -2.50. The van der Waals surface area contributed by atoms with Gasteiger partial charge in [0.15, 0.2) is 0 Å². The number of unbranched alkanes of at least 4 members (excludes halogenated alkanes) is 1. The van der Waals surface area contributed by atoms with E-state index in [0.29, 0.717) is 19.3 Å². The first-order valence-corrected chi connectivity index (χ1v) is 10.4. The number of aliphatic hydroxyl groups is 1. The van der Waals surface area contributed by atoms with Gasteiger partial charge in [-0.1, -0.05) is 33.6 Å². The Kier molecular flexibility index (Phi) is 9.18. The van der Waals surface area contributed by atoms with Crippen LogP contribution in [0, 0.1) is 11.7 Å². The van der Waals surface area contributed by atoms with Crippen LogP contribution in [0.15, 0.2) is 29.2 Å². The minimum Gasteiger partial charge on any atom is -0.394 e. The Hall–Kier alpha value is -1.51. The van der Waals surface area contributed by atoms with Crippen molar-refractivity contribution in [3.63, 3.8) is 0 Å². The summed E-state index contributed by atoms with van der Waals surface area (Å²) in [5.74, 6) is -0.731. The van der Waals surface area contributed by atoms with Crippen LogP contribution in [0.4, 0.5) is 4.39 Å². The Morgan fingerprint density at radius 1 is 1.23 bits per heavy atom. The summed E-state index contributed by atoms with van der Waals surface area (Å²) in [5.41, 5.74) is 0. The van der Waals surface area contributed by atoms with Crippen molar-refractivity contribution < 1.29 is 22.7 Å². The second-order valence-electron chi connectivity index (χ2n) is 6.79. The Labute approximate surface area is 155 Å². The molecule has 0 aliphatic rings. The lowest BCUT2D eigenvalue weighted by Gasteiger charge is -2.23. The zero-order chi connectivity index (χ0) is 19.7. The van der Waals surface area contributed by atoms with E-state index in [9.17, 15) is 22.7 Å². The molecule has 3 N–H and O–H groups in total. The summed E-state index contributed by atoms with van der Waals surface area (Å²) in [4.78, 5) is 12.5. The van der Waals surface area contributed by atoms with Gasteiger partial charge in [0.2, 0.25) is 15.9 Å². The summed E-state index contributed by atoms with van der Waals surface area (Å²) < 4.78 is 40.4. The molecule has 0 aliphatic carbocycles. The zero-order valence-corrected chi connectivity index (χ0v) is 16.4. The Morgan fingerprint density at radius 2 is 1.85 bits per heavy atom. The predicted octanol–water partition coefficient (Wildman–Crippen LogP) is 2.19. The first-order valence-electron chi connectivity index (χ1n) is 8.88. The SMILES string of the molecule is CCCC[C@H](NS(=O)(=O)c1ccc(F)cc1)C(=O)N[C@H](CO)CC(C)C. The van der Waals surface area contributed by atoms with Crippen LogP contribution >= 0.6 is 0 Å². The quantitative estimate of drug-likeness (QED) is 0.541. The molecule has 0 heterocycles. The summed E-state index contributed by atoms with van der Waals surface area (Å²) >= 11 is 0. The Morgan fingerprint density at radius 3 is 2.35 bits per heavy atom. The summed E-state index contributed by atoms with van der Waals surface area (Å²) in [6.45, 7) is 5.68. The number of benzene rings is 1. The van der Waals surface area contributed by atoms with Crippen LogP contribution in [0.1, 0.15) is 46.5 Å². The van der Waals surface area contributed by atoms with E-state index in [1.165, 1.54) is 0 Å². The number of carbonyl (C=O) groups excluding carboxylic acids is 1. The number of aliphatic hydroxyl groups excluding tert-OH is 1. The van der Waals surface area contributed by atoms with Crippen LogP contribution in [-0.4, -0.2) is 38.1 Å². The van der Waals surface area contributed by atoms with Crippen LogP contribution in [-0.2, 0) is 14.8 Å². The maximum absolute atomic E-state index is 13.0. The fraction of sp³-hybridized carbons (Fsp3) is 0.611. The number of hydrogen-bond donors (Lipinski definition) is 3. The molecule has 2 atom stereocenters. The molecular weight excluding hydrogens is 359 g/mol. The molecule has 148 valence electrons. The van der Waals surface area contributed by atoms with E-state index < -0.39 is 33.8 Å². The summed E-state index contributed by atoms with van der Waals surface area (Å²) in [6, 6.07) is 3.04. The Balaban J connectivity index is 2.90. The van der Waals surface area contributed by atoms with E-state index in [4.69, 9.17) is 0 Å². The maximum atomic E-state index is 13.0. The molecule has 1 aromatic rings. The lowest BCUT2D eigenvalue weighted by atomic mass is 10.0. The third-order valence-corrected chi connectivity index (χ3v) is 5.39. The van der Waals surface area contributed by atoms with E-state index in [-0.39, 0.29) is 17.4 Å². The minimum absolute atomic E-state index is 0.103. The van der Waals surface area contributed by atoms with Crippen LogP contribution < -0.4 is 10.0 Å². The van der Waals surface area contributed by atoms with E-state index in [2.05, 4.69) is 10.0 Å². The molecular formula is C18H29FN2O4S. The van der Waals surface area contributed by atoms with Crippen molar-refractivity contribution in [1.29, 1.82) is 0 Å². The fourth-order valence-electron chi connectivity index (χ4n) is 2.57. The highest BCUT2D eigenvalue weighted by atomic mass is 32.2. The average Bonchev–Trinajstić information content (AvgIpc) is 2.57. The van der Waals surface area contributed by atoms with Gasteiger partial charge in [-0.3, -0.25) is 4.79 Å². The van der Waals surface area contributed by atoms with Crippen molar-refractivity contribution in [1.82, 2.24) is 10.0 Å². The molecule has 0 aliphatic heterocycles. The van der Waals surface area contributed by atoms with Gasteiger partial charge >= 0.3 is 0 Å². The van der Waals surface area contributed by atoms with Crippen molar-refractivity contribution >= 4 is 15.9 Å². The van der Waals surface area contributed by atoms with E-state index in [1.807, 2.05) is 20.8 Å². The van der Waals surface area contributed by atoms with Crippen molar-refractivity contribution in [3.8, 4) is 0 Å². The number of carbonyl (C=O) groups is 1. The van der Waals surface area contributed by atoms with Gasteiger partial charge in [-0.2, -0.15) is 4.72 Å². The second kappa shape index (κ2) is 10.6. The van der Waals surface area contributed by atoms with Gasteiger partial charge in [0, 0.05) is 0 Å². The molecule has 1 aromatic carbocycles. The third kappa shape index (κ3) is 7.39. The van der Waals surface area contributed by atoms with Gasteiger partial charge in [0.25, 0.3) is 0 Å². The van der Waals surface area contributed by atoms with Gasteiger partial charge in [-0.15, -0.1) is 0 Å². The number of sulfonamides is 1. The molecule has 1 rings (SSSR count). The average molecular weight is 389 g/mol. The highest BCUT2D eigenvalue weighted by molar-refractivity contribution is 7.89. The van der Waals surface area contributed by atoms with Gasteiger partial charge < -0.3 is 10.4 Å². The second-order valence-corrected chi connectivity index (χ2v) is 8.50. The maximum Gasteiger partial charge on any atom is 0.241 e. The van der Waals surface area contributed by atoms with Crippen LogP contribution in [0.2, 0.25) is 0 Å². The van der Waals surface area contributed by atoms with Gasteiger partial charge in [-0.05, 0) is 43.0 Å². The molecule has 0 saturated heterocycles. The molecule has 1 amide bonds. The van der Waals surface area contributed by atoms with E-state index in [1.54, 1.807) is 0 Å². The topological polar surface area (TPSA) is 95.5 Å². The van der Waals surface area contributed by atoms with Crippen molar-refractivity contribution in [2.24, 2.45) is 5.92 Å². The van der Waals surface area contributed by atoms with Crippen molar-refractivity contribution in [2.45, 2.75) is 63.4 Å². The van der Waals surface area contributed by atoms with Crippen LogP contribution in [0.25, 0.3) is 0 Å². The van der Waals surface area contributed by atoms with Gasteiger partial charge in [0.1, 0.15) is 11.9 Å². The minimum atomic E-state index is -3.96. The molecule has 0 aromatic heterocycles. The highest BCUT2D eigenvalue weighted by Gasteiger charge is 2.27. The number of amides is 1. The molecule has 0 radical (unpaired) electrons. The monoisotopic (exact) mass is 388 g/mol. The standard InChI is InChI=1S/C18H29FN2O4S/c1-4-5-6-17(18(23)20-15(12-22)11-13(2)3)21-26(24,25)16-9-7-14(19)8-10-16/h7-10,13,15,17,21-22H,4-6,11-12H2,1-3H3,(H,20,23)/t15-,17-/m0/s1. The molecule has 0 spiro atoms. The van der Waals surface area contributed by atoms with Crippen LogP contribution in [0.3, 0.4) is 0 Å². The molecule has 26 heavy (non-hydrogen) atoms. The van der Waals surface area contributed by atoms with E-state index >= 15 is 0 Å². The third-order valence-electron chi connectivity index (χ3n) is 3.91. The molecule has 6 nitrogen and oxygen atoms in total. The number of nitrogens with one attached hydrogen (secondary N) is 2. The largest absolute Gasteiger partial charge is 0.394 e. The highest BCUT2D eigenvalue weighted by Crippen LogP contribution is 2.13. The normalized spacial score (nSPS) is 14.2. The van der Waals surface area contributed by atoms with E-state index in [0.717, 1.165) is 30.7 Å². The summed E-state index contributed by atoms with van der Waals surface area (Å²) in [6.07, 6.45) is 2.39. The molecule has 0 unspecified atom stereocenters. The summed E-state index contributed by atoms with van der Waals surface area (Å²) in [7, 11) is -3.96. The number of rotatable bonds is 11. The lowest BCUT2D eigenvalue weighted by molar-refractivity contribution is -0.124. The van der Waals surface area contributed by atoms with Gasteiger partial charge in [0.05, 0.1) is 17.5 Å². The summed E-state index contributed by atoms with van der Waals surface area (Å²) in [5, 5.41) is 12.1. The molecule has 8 heteroatoms. The van der Waals surface area contributed by atoms with Crippen LogP contribution in [0.5, 0.6) is 0 Å². The molecule has 0 fully saturated rings. The van der Waals surface area contributed by atoms with Crippen molar-refractivity contribution in [2.75, 3.05) is 6.61 Å². The zero-order valence-electron chi connectivity index (χ0n) is 15.5. The first-order chi connectivity index (χ1) is 12.2. The first kappa shape index (κ1) is 22.5.